The van der Waals surface area contributed by atoms with E-state index in [1.54, 1.807) is 0 Å². The van der Waals surface area contributed by atoms with Crippen LogP contribution in [-0.4, -0.2) is 6.10 Å². The standard InChI is InChI=1S/C12H14Br2O/c13-8-9-5-6-12(11(14)7-9)15-10-3-1-2-4-10/h5-7,10H,1-4,8H2. The zero-order valence-corrected chi connectivity index (χ0v) is 11.7. The molecule has 0 amide bonds. The number of alkyl halides is 1. The topological polar surface area (TPSA) is 9.23 Å². The van der Waals surface area contributed by atoms with E-state index >= 15 is 0 Å². The highest BCUT2D eigenvalue weighted by Gasteiger charge is 2.17. The lowest BCUT2D eigenvalue weighted by molar-refractivity contribution is 0.208. The number of rotatable bonds is 3. The van der Waals surface area contributed by atoms with Crippen molar-refractivity contribution >= 4 is 31.9 Å². The van der Waals surface area contributed by atoms with Gasteiger partial charge in [0.1, 0.15) is 5.75 Å². The lowest BCUT2D eigenvalue weighted by atomic mass is 10.2. The van der Waals surface area contributed by atoms with Crippen LogP contribution in [0.1, 0.15) is 31.2 Å². The van der Waals surface area contributed by atoms with Gasteiger partial charge >= 0.3 is 0 Å². The fraction of sp³-hybridized carbons (Fsp3) is 0.500. The van der Waals surface area contributed by atoms with Crippen LogP contribution in [0.3, 0.4) is 0 Å². The largest absolute Gasteiger partial charge is 0.489 e. The molecule has 0 N–H and O–H groups in total. The molecular weight excluding hydrogens is 320 g/mol. The Morgan fingerprint density at radius 2 is 2.00 bits per heavy atom. The van der Waals surface area contributed by atoms with Gasteiger partial charge < -0.3 is 4.74 Å². The van der Waals surface area contributed by atoms with Gasteiger partial charge in [0.25, 0.3) is 0 Å². The molecule has 1 saturated carbocycles. The van der Waals surface area contributed by atoms with E-state index in [2.05, 4.69) is 50.1 Å². The summed E-state index contributed by atoms with van der Waals surface area (Å²) in [6.45, 7) is 0. The summed E-state index contributed by atoms with van der Waals surface area (Å²) in [5.41, 5.74) is 1.26. The molecule has 1 aliphatic carbocycles. The van der Waals surface area contributed by atoms with E-state index in [-0.39, 0.29) is 0 Å². The van der Waals surface area contributed by atoms with Gasteiger partial charge in [-0.1, -0.05) is 22.0 Å². The molecule has 0 heterocycles. The monoisotopic (exact) mass is 332 g/mol. The van der Waals surface area contributed by atoms with Gasteiger partial charge in [-0.05, 0) is 59.3 Å². The van der Waals surface area contributed by atoms with Crippen LogP contribution in [-0.2, 0) is 5.33 Å². The second-order valence-electron chi connectivity index (χ2n) is 3.92. The summed E-state index contributed by atoms with van der Waals surface area (Å²) in [5, 5.41) is 0.884. The summed E-state index contributed by atoms with van der Waals surface area (Å²) in [7, 11) is 0. The van der Waals surface area contributed by atoms with Gasteiger partial charge in [0, 0.05) is 5.33 Å². The number of hydrogen-bond donors (Lipinski definition) is 0. The van der Waals surface area contributed by atoms with Crippen LogP contribution in [0.5, 0.6) is 5.75 Å². The molecule has 1 fully saturated rings. The van der Waals surface area contributed by atoms with E-state index in [1.165, 1.54) is 31.2 Å². The average molecular weight is 334 g/mol. The predicted molar refractivity (Wildman–Crippen MR) is 69.7 cm³/mol. The van der Waals surface area contributed by atoms with Crippen molar-refractivity contribution in [2.75, 3.05) is 0 Å². The molecule has 15 heavy (non-hydrogen) atoms. The molecule has 1 aliphatic rings. The van der Waals surface area contributed by atoms with Crippen LogP contribution in [0, 0.1) is 0 Å². The SMILES string of the molecule is BrCc1ccc(OC2CCCC2)c(Br)c1. The highest BCUT2D eigenvalue weighted by molar-refractivity contribution is 9.10. The maximum atomic E-state index is 5.94. The van der Waals surface area contributed by atoms with Crippen LogP contribution >= 0.6 is 31.9 Å². The summed E-state index contributed by atoms with van der Waals surface area (Å²) < 4.78 is 7.00. The van der Waals surface area contributed by atoms with Gasteiger partial charge in [-0.15, -0.1) is 0 Å². The first-order chi connectivity index (χ1) is 7.29. The zero-order valence-electron chi connectivity index (χ0n) is 8.51. The van der Waals surface area contributed by atoms with Crippen molar-refractivity contribution in [2.24, 2.45) is 0 Å². The highest BCUT2D eigenvalue weighted by atomic mass is 79.9. The Balaban J connectivity index is 2.07. The predicted octanol–water partition coefficient (Wildman–Crippen LogP) is 4.67. The van der Waals surface area contributed by atoms with E-state index in [0.29, 0.717) is 6.10 Å². The summed E-state index contributed by atoms with van der Waals surface area (Å²) >= 11 is 6.99. The minimum Gasteiger partial charge on any atom is -0.489 e. The second-order valence-corrected chi connectivity index (χ2v) is 5.34. The second kappa shape index (κ2) is 5.35. The van der Waals surface area contributed by atoms with Crippen LogP contribution in [0.15, 0.2) is 22.7 Å². The van der Waals surface area contributed by atoms with E-state index in [1.807, 2.05) is 0 Å². The van der Waals surface area contributed by atoms with E-state index in [9.17, 15) is 0 Å². The van der Waals surface area contributed by atoms with Gasteiger partial charge in [-0.3, -0.25) is 0 Å². The van der Waals surface area contributed by atoms with Crippen molar-refractivity contribution in [2.45, 2.75) is 37.1 Å². The summed E-state index contributed by atoms with van der Waals surface area (Å²) in [5.74, 6) is 0.978. The molecule has 0 aromatic heterocycles. The lowest BCUT2D eigenvalue weighted by Gasteiger charge is -2.14. The van der Waals surface area contributed by atoms with Crippen LogP contribution < -0.4 is 4.74 Å². The Kier molecular flexibility index (Phi) is 4.09. The van der Waals surface area contributed by atoms with Gasteiger partial charge in [-0.2, -0.15) is 0 Å². The Hall–Kier alpha value is -0.0200. The molecule has 1 aromatic carbocycles. The van der Waals surface area contributed by atoms with Crippen molar-refractivity contribution in [1.82, 2.24) is 0 Å². The third kappa shape index (κ3) is 2.97. The quantitative estimate of drug-likeness (QED) is 0.731. The first kappa shape index (κ1) is 11.5. The fourth-order valence-electron chi connectivity index (χ4n) is 1.91. The molecule has 0 atom stereocenters. The highest BCUT2D eigenvalue weighted by Crippen LogP contribution is 2.31. The number of hydrogen-bond acceptors (Lipinski definition) is 1. The first-order valence-electron chi connectivity index (χ1n) is 5.30. The molecule has 2 rings (SSSR count). The smallest absolute Gasteiger partial charge is 0.133 e. The lowest BCUT2D eigenvalue weighted by Crippen LogP contribution is -2.11. The van der Waals surface area contributed by atoms with E-state index in [4.69, 9.17) is 4.74 Å². The van der Waals surface area contributed by atoms with Crippen LogP contribution in [0.25, 0.3) is 0 Å². The van der Waals surface area contributed by atoms with Gasteiger partial charge in [0.05, 0.1) is 10.6 Å². The van der Waals surface area contributed by atoms with Crippen LogP contribution in [0.4, 0.5) is 0 Å². The molecule has 0 radical (unpaired) electrons. The van der Waals surface area contributed by atoms with Crippen molar-refractivity contribution in [1.29, 1.82) is 0 Å². The van der Waals surface area contributed by atoms with Crippen molar-refractivity contribution in [3.05, 3.63) is 28.2 Å². The molecule has 3 heteroatoms. The fourth-order valence-corrected chi connectivity index (χ4v) is 2.78. The molecular formula is C12H14Br2O. The first-order valence-corrected chi connectivity index (χ1v) is 7.22. The minimum atomic E-state index is 0.427. The molecule has 1 aromatic rings. The van der Waals surface area contributed by atoms with Crippen molar-refractivity contribution < 1.29 is 4.74 Å². The van der Waals surface area contributed by atoms with E-state index in [0.717, 1.165) is 15.6 Å². The van der Waals surface area contributed by atoms with Gasteiger partial charge in [-0.25, -0.2) is 0 Å². The Bertz CT molecular complexity index is 332. The summed E-state index contributed by atoms with van der Waals surface area (Å²) in [6.07, 6.45) is 5.44. The van der Waals surface area contributed by atoms with Gasteiger partial charge in [0.2, 0.25) is 0 Å². The Labute approximate surface area is 107 Å². The molecule has 0 saturated heterocycles. The zero-order chi connectivity index (χ0) is 10.7. The van der Waals surface area contributed by atoms with E-state index < -0.39 is 0 Å². The average Bonchev–Trinajstić information content (AvgIpc) is 2.74. The van der Waals surface area contributed by atoms with Gasteiger partial charge in [0.15, 0.2) is 0 Å². The Morgan fingerprint density at radius 1 is 1.27 bits per heavy atom. The molecule has 0 bridgehead atoms. The molecule has 0 unspecified atom stereocenters. The number of ether oxygens (including phenoxy) is 1. The molecule has 1 nitrogen and oxygen atoms in total. The third-order valence-corrected chi connectivity index (χ3v) is 4.01. The van der Waals surface area contributed by atoms with Crippen LogP contribution in [0.2, 0.25) is 0 Å². The van der Waals surface area contributed by atoms with Crippen molar-refractivity contribution in [3.8, 4) is 5.75 Å². The Morgan fingerprint density at radius 3 is 2.60 bits per heavy atom. The minimum absolute atomic E-state index is 0.427. The molecule has 82 valence electrons. The van der Waals surface area contributed by atoms with Crippen molar-refractivity contribution in [3.63, 3.8) is 0 Å². The third-order valence-electron chi connectivity index (χ3n) is 2.75. The summed E-state index contributed by atoms with van der Waals surface area (Å²) in [4.78, 5) is 0. The summed E-state index contributed by atoms with van der Waals surface area (Å²) in [6, 6.07) is 6.27. The number of benzene rings is 1. The maximum absolute atomic E-state index is 5.94. The molecule has 0 aliphatic heterocycles. The maximum Gasteiger partial charge on any atom is 0.133 e. The normalized spacial score (nSPS) is 16.9. The molecule has 0 spiro atoms. The number of halogens is 2.